The summed E-state index contributed by atoms with van der Waals surface area (Å²) >= 11 is 0. The Morgan fingerprint density at radius 3 is 2.35 bits per heavy atom. The third-order valence-corrected chi connectivity index (χ3v) is 4.52. The van der Waals surface area contributed by atoms with Crippen LogP contribution in [0.25, 0.3) is 0 Å². The van der Waals surface area contributed by atoms with Gasteiger partial charge < -0.3 is 15.5 Å². The van der Waals surface area contributed by atoms with Crippen molar-refractivity contribution in [2.45, 2.75) is 43.2 Å². The molecule has 0 spiro atoms. The van der Waals surface area contributed by atoms with Gasteiger partial charge in [0.1, 0.15) is 0 Å². The van der Waals surface area contributed by atoms with Gasteiger partial charge in [-0.25, -0.2) is 0 Å². The second-order valence-electron chi connectivity index (χ2n) is 5.76. The van der Waals surface area contributed by atoms with Gasteiger partial charge in [0.25, 0.3) is 0 Å². The highest BCUT2D eigenvalue weighted by molar-refractivity contribution is 5.37. The first-order chi connectivity index (χ1) is 9.63. The molecule has 108 valence electrons. The van der Waals surface area contributed by atoms with Crippen molar-refractivity contribution in [3.05, 3.63) is 35.9 Å². The Kier molecular flexibility index (Phi) is 4.44. The first-order valence-corrected chi connectivity index (χ1v) is 7.10. The molecule has 0 heterocycles. The largest absolute Gasteiger partial charge is 0.394 e. The topological polar surface area (TPSA) is 76.3 Å². The second kappa shape index (κ2) is 5.92. The fraction of sp³-hybridized carbons (Fsp3) is 0.562. The van der Waals surface area contributed by atoms with Crippen molar-refractivity contribution in [1.82, 2.24) is 5.32 Å². The van der Waals surface area contributed by atoms with E-state index in [1.165, 1.54) is 0 Å². The minimum absolute atomic E-state index is 0.0958. The van der Waals surface area contributed by atoms with Gasteiger partial charge in [-0.05, 0) is 24.8 Å². The van der Waals surface area contributed by atoms with Gasteiger partial charge in [0.15, 0.2) is 0 Å². The number of hydrogen-bond acceptors (Lipinski definition) is 4. The van der Waals surface area contributed by atoms with Gasteiger partial charge in [0.2, 0.25) is 0 Å². The Labute approximate surface area is 120 Å². The standard InChI is InChI=1S/C16H22N2O2/c1-2-16(11-19,12-20)18-14-8-15(9-14,10-17)13-6-4-3-5-7-13/h3-7,14,18-20H,2,8-9,11-12H2,1H3. The first kappa shape index (κ1) is 15.0. The van der Waals surface area contributed by atoms with Crippen LogP contribution in [-0.4, -0.2) is 35.0 Å². The normalized spacial score (nSPS) is 25.8. The fourth-order valence-corrected chi connectivity index (χ4v) is 2.93. The molecule has 0 atom stereocenters. The van der Waals surface area contributed by atoms with Gasteiger partial charge in [-0.3, -0.25) is 0 Å². The molecule has 0 unspecified atom stereocenters. The molecule has 0 aromatic heterocycles. The van der Waals surface area contributed by atoms with Crippen LogP contribution in [0.4, 0.5) is 0 Å². The fourth-order valence-electron chi connectivity index (χ4n) is 2.93. The van der Waals surface area contributed by atoms with E-state index in [9.17, 15) is 15.5 Å². The number of benzene rings is 1. The van der Waals surface area contributed by atoms with Crippen molar-refractivity contribution in [1.29, 1.82) is 5.26 Å². The Balaban J connectivity index is 2.04. The van der Waals surface area contributed by atoms with Crippen molar-refractivity contribution >= 4 is 0 Å². The highest BCUT2D eigenvalue weighted by Crippen LogP contribution is 2.44. The SMILES string of the molecule is CCC(CO)(CO)NC1CC(C#N)(c2ccccc2)C1. The third-order valence-electron chi connectivity index (χ3n) is 4.52. The van der Waals surface area contributed by atoms with E-state index in [4.69, 9.17) is 0 Å². The predicted octanol–water partition coefficient (Wildman–Crippen LogP) is 1.33. The average molecular weight is 274 g/mol. The molecule has 4 nitrogen and oxygen atoms in total. The zero-order valence-corrected chi connectivity index (χ0v) is 11.8. The molecule has 1 fully saturated rings. The molecule has 0 radical (unpaired) electrons. The van der Waals surface area contributed by atoms with Gasteiger partial charge in [-0.15, -0.1) is 0 Å². The van der Waals surface area contributed by atoms with Crippen LogP contribution in [0.1, 0.15) is 31.7 Å². The molecule has 1 aromatic rings. The number of aliphatic hydroxyl groups excluding tert-OH is 2. The lowest BCUT2D eigenvalue weighted by atomic mass is 9.62. The molecule has 0 bridgehead atoms. The van der Waals surface area contributed by atoms with Gasteiger partial charge in [0.05, 0.1) is 30.2 Å². The highest BCUT2D eigenvalue weighted by Gasteiger charge is 2.48. The Bertz CT molecular complexity index is 463. The maximum Gasteiger partial charge on any atom is 0.0852 e. The van der Waals surface area contributed by atoms with E-state index >= 15 is 0 Å². The number of hydrogen-bond donors (Lipinski definition) is 3. The maximum atomic E-state index is 9.50. The smallest absolute Gasteiger partial charge is 0.0852 e. The van der Waals surface area contributed by atoms with E-state index < -0.39 is 11.0 Å². The zero-order valence-electron chi connectivity index (χ0n) is 11.8. The summed E-state index contributed by atoms with van der Waals surface area (Å²) in [6.07, 6.45) is 2.09. The summed E-state index contributed by atoms with van der Waals surface area (Å²) in [4.78, 5) is 0. The van der Waals surface area contributed by atoms with Gasteiger partial charge >= 0.3 is 0 Å². The second-order valence-corrected chi connectivity index (χ2v) is 5.76. The lowest BCUT2D eigenvalue weighted by Gasteiger charge is -2.47. The van der Waals surface area contributed by atoms with E-state index in [0.29, 0.717) is 6.42 Å². The van der Waals surface area contributed by atoms with Crippen LogP contribution in [0.2, 0.25) is 0 Å². The molecule has 20 heavy (non-hydrogen) atoms. The molecule has 1 aliphatic rings. The van der Waals surface area contributed by atoms with E-state index in [2.05, 4.69) is 11.4 Å². The van der Waals surface area contributed by atoms with E-state index in [1.807, 2.05) is 37.3 Å². The first-order valence-electron chi connectivity index (χ1n) is 7.10. The predicted molar refractivity (Wildman–Crippen MR) is 77.1 cm³/mol. The van der Waals surface area contributed by atoms with Crippen LogP contribution in [-0.2, 0) is 5.41 Å². The molecule has 0 aliphatic heterocycles. The molecule has 2 rings (SSSR count). The van der Waals surface area contributed by atoms with Crippen LogP contribution in [0.3, 0.4) is 0 Å². The summed E-state index contributed by atoms with van der Waals surface area (Å²) in [6.45, 7) is 1.75. The molecule has 1 saturated carbocycles. The van der Waals surface area contributed by atoms with Crippen LogP contribution >= 0.6 is 0 Å². The molecule has 3 N–H and O–H groups in total. The Morgan fingerprint density at radius 1 is 1.30 bits per heavy atom. The van der Waals surface area contributed by atoms with Crippen LogP contribution < -0.4 is 5.32 Å². The number of nitrogens with one attached hydrogen (secondary N) is 1. The van der Waals surface area contributed by atoms with Crippen LogP contribution in [0.15, 0.2) is 30.3 Å². The molecule has 0 saturated heterocycles. The van der Waals surface area contributed by atoms with Gasteiger partial charge in [-0.1, -0.05) is 37.3 Å². The van der Waals surface area contributed by atoms with E-state index in [-0.39, 0.29) is 19.3 Å². The van der Waals surface area contributed by atoms with Crippen LogP contribution in [0, 0.1) is 11.3 Å². The van der Waals surface area contributed by atoms with Gasteiger partial charge in [-0.2, -0.15) is 5.26 Å². The van der Waals surface area contributed by atoms with Gasteiger partial charge in [0, 0.05) is 6.04 Å². The highest BCUT2D eigenvalue weighted by atomic mass is 16.3. The number of rotatable bonds is 6. The minimum Gasteiger partial charge on any atom is -0.394 e. The molecule has 1 aliphatic carbocycles. The van der Waals surface area contributed by atoms with E-state index in [0.717, 1.165) is 18.4 Å². The Hall–Kier alpha value is -1.41. The van der Waals surface area contributed by atoms with Crippen LogP contribution in [0.5, 0.6) is 0 Å². The number of nitriles is 1. The summed E-state index contributed by atoms with van der Waals surface area (Å²) in [5.41, 5.74) is -0.0117. The molecule has 0 amide bonds. The average Bonchev–Trinajstić information content (AvgIpc) is 2.48. The molecular weight excluding hydrogens is 252 g/mol. The number of nitrogens with zero attached hydrogens (tertiary/aromatic N) is 1. The quantitative estimate of drug-likeness (QED) is 0.731. The van der Waals surface area contributed by atoms with Crippen molar-refractivity contribution < 1.29 is 10.2 Å². The molecular formula is C16H22N2O2. The monoisotopic (exact) mass is 274 g/mol. The maximum absolute atomic E-state index is 9.50. The van der Waals surface area contributed by atoms with Crippen molar-refractivity contribution in [3.8, 4) is 6.07 Å². The van der Waals surface area contributed by atoms with E-state index in [1.54, 1.807) is 0 Å². The summed E-state index contributed by atoms with van der Waals surface area (Å²) in [7, 11) is 0. The summed E-state index contributed by atoms with van der Waals surface area (Å²) < 4.78 is 0. The number of aliphatic hydroxyl groups is 2. The Morgan fingerprint density at radius 2 is 1.90 bits per heavy atom. The summed E-state index contributed by atoms with van der Waals surface area (Å²) in [5, 5.41) is 31.7. The minimum atomic E-state index is -0.636. The van der Waals surface area contributed by atoms with Crippen molar-refractivity contribution in [3.63, 3.8) is 0 Å². The lowest BCUT2D eigenvalue weighted by Crippen LogP contribution is -2.61. The lowest BCUT2D eigenvalue weighted by molar-refractivity contribution is 0.0553. The third kappa shape index (κ3) is 2.57. The zero-order chi connectivity index (χ0) is 14.6. The van der Waals surface area contributed by atoms with Crippen molar-refractivity contribution in [2.24, 2.45) is 0 Å². The molecule has 4 heteroatoms. The van der Waals surface area contributed by atoms with Crippen molar-refractivity contribution in [2.75, 3.05) is 13.2 Å². The summed E-state index contributed by atoms with van der Waals surface area (Å²) in [5.74, 6) is 0. The molecule has 1 aromatic carbocycles. The summed E-state index contributed by atoms with van der Waals surface area (Å²) in [6, 6.07) is 12.4.